The number of fused-ring (bicyclic) bond motifs is 1. The van der Waals surface area contributed by atoms with Crippen molar-refractivity contribution in [2.24, 2.45) is 7.05 Å². The number of hydrogen-bond donors (Lipinski definition) is 2. The van der Waals surface area contributed by atoms with Gasteiger partial charge in [-0.25, -0.2) is 0 Å². The quantitative estimate of drug-likeness (QED) is 0.802. The van der Waals surface area contributed by atoms with Crippen LogP contribution in [-0.2, 0) is 13.6 Å². The number of phenolic OH excluding ortho intramolecular Hbond substituents is 1. The maximum atomic E-state index is 9.46. The van der Waals surface area contributed by atoms with Gasteiger partial charge in [0.1, 0.15) is 5.75 Å². The number of phenols is 1. The molecule has 0 aliphatic rings. The minimum atomic E-state index is 0.325. The second kappa shape index (κ2) is 3.95. The molecule has 2 rings (SSSR count). The highest BCUT2D eigenvalue weighted by Gasteiger charge is 2.06. The fraction of sp³-hybridized carbons (Fsp3) is 0.333. The Morgan fingerprint density at radius 1 is 1.40 bits per heavy atom. The number of nitrogens with zero attached hydrogens (tertiary/aromatic N) is 1. The van der Waals surface area contributed by atoms with Crippen LogP contribution in [0.15, 0.2) is 24.4 Å². The van der Waals surface area contributed by atoms with Gasteiger partial charge in [0, 0.05) is 30.7 Å². The number of aryl methyl sites for hydroxylation is 1. The van der Waals surface area contributed by atoms with Gasteiger partial charge in [-0.05, 0) is 30.3 Å². The third kappa shape index (κ3) is 1.83. The molecule has 15 heavy (non-hydrogen) atoms. The van der Waals surface area contributed by atoms with E-state index in [-0.39, 0.29) is 0 Å². The van der Waals surface area contributed by atoms with Crippen LogP contribution in [0.5, 0.6) is 5.75 Å². The van der Waals surface area contributed by atoms with Crippen molar-refractivity contribution < 1.29 is 5.11 Å². The summed E-state index contributed by atoms with van der Waals surface area (Å²) in [6.07, 6.45) is 2.10. The van der Waals surface area contributed by atoms with Crippen LogP contribution in [0.2, 0.25) is 0 Å². The van der Waals surface area contributed by atoms with Crippen molar-refractivity contribution in [3.63, 3.8) is 0 Å². The molecule has 0 aliphatic heterocycles. The maximum absolute atomic E-state index is 9.46. The molecule has 0 spiro atoms. The van der Waals surface area contributed by atoms with E-state index in [0.717, 1.165) is 24.0 Å². The summed E-state index contributed by atoms with van der Waals surface area (Å²) in [6, 6.07) is 5.49. The molecule has 2 aromatic rings. The molecule has 0 radical (unpaired) electrons. The molecule has 3 heteroatoms. The summed E-state index contributed by atoms with van der Waals surface area (Å²) in [5.41, 5.74) is 2.38. The lowest BCUT2D eigenvalue weighted by Crippen LogP contribution is -2.11. The first-order chi connectivity index (χ1) is 7.22. The summed E-state index contributed by atoms with van der Waals surface area (Å²) in [4.78, 5) is 0. The Bertz CT molecular complexity index is 474. The Hall–Kier alpha value is -1.48. The Morgan fingerprint density at radius 2 is 2.20 bits per heavy atom. The highest BCUT2D eigenvalue weighted by atomic mass is 16.3. The topological polar surface area (TPSA) is 37.2 Å². The maximum Gasteiger partial charge on any atom is 0.116 e. The van der Waals surface area contributed by atoms with Gasteiger partial charge in [-0.1, -0.05) is 6.92 Å². The molecule has 0 atom stereocenters. The van der Waals surface area contributed by atoms with E-state index in [1.54, 1.807) is 6.07 Å². The summed E-state index contributed by atoms with van der Waals surface area (Å²) in [7, 11) is 2.02. The highest BCUT2D eigenvalue weighted by molar-refractivity contribution is 5.85. The van der Waals surface area contributed by atoms with Crippen LogP contribution in [-0.4, -0.2) is 16.2 Å². The van der Waals surface area contributed by atoms with Crippen LogP contribution in [0.4, 0.5) is 0 Å². The Morgan fingerprint density at radius 3 is 2.93 bits per heavy atom. The third-order valence-corrected chi connectivity index (χ3v) is 2.62. The van der Waals surface area contributed by atoms with E-state index in [4.69, 9.17) is 0 Å². The molecule has 0 unspecified atom stereocenters. The molecule has 0 aliphatic carbocycles. The van der Waals surface area contributed by atoms with Crippen LogP contribution < -0.4 is 5.32 Å². The summed E-state index contributed by atoms with van der Waals surface area (Å²) in [5, 5.41) is 13.9. The average Bonchev–Trinajstić information content (AvgIpc) is 2.52. The van der Waals surface area contributed by atoms with Gasteiger partial charge in [0.15, 0.2) is 0 Å². The Kier molecular flexibility index (Phi) is 2.64. The van der Waals surface area contributed by atoms with Gasteiger partial charge < -0.3 is 15.0 Å². The number of aromatic nitrogens is 1. The summed E-state index contributed by atoms with van der Waals surface area (Å²) in [5.74, 6) is 0.325. The zero-order chi connectivity index (χ0) is 10.8. The molecule has 0 saturated carbocycles. The molecule has 0 saturated heterocycles. The molecule has 1 aromatic heterocycles. The number of nitrogens with one attached hydrogen (secondary N) is 1. The van der Waals surface area contributed by atoms with Gasteiger partial charge >= 0.3 is 0 Å². The Labute approximate surface area is 89.3 Å². The fourth-order valence-electron chi connectivity index (χ4n) is 1.86. The first-order valence-electron chi connectivity index (χ1n) is 5.20. The largest absolute Gasteiger partial charge is 0.508 e. The van der Waals surface area contributed by atoms with E-state index in [9.17, 15) is 5.11 Å². The lowest BCUT2D eigenvalue weighted by Gasteiger charge is -1.99. The minimum Gasteiger partial charge on any atom is -0.508 e. The average molecular weight is 204 g/mol. The van der Waals surface area contributed by atoms with Gasteiger partial charge in [-0.3, -0.25) is 0 Å². The van der Waals surface area contributed by atoms with Gasteiger partial charge in [0.25, 0.3) is 0 Å². The van der Waals surface area contributed by atoms with Crippen molar-refractivity contribution in [1.82, 2.24) is 9.88 Å². The zero-order valence-corrected chi connectivity index (χ0v) is 9.12. The van der Waals surface area contributed by atoms with Crippen LogP contribution >= 0.6 is 0 Å². The van der Waals surface area contributed by atoms with Crippen molar-refractivity contribution in [3.05, 3.63) is 30.0 Å². The van der Waals surface area contributed by atoms with E-state index in [0.29, 0.717) is 5.75 Å². The molecule has 1 heterocycles. The molecular formula is C12H16N2O. The molecule has 80 valence electrons. The van der Waals surface area contributed by atoms with Crippen molar-refractivity contribution >= 4 is 10.9 Å². The van der Waals surface area contributed by atoms with Crippen molar-refractivity contribution in [2.45, 2.75) is 13.5 Å². The summed E-state index contributed by atoms with van der Waals surface area (Å²) >= 11 is 0. The SMILES string of the molecule is CCNCc1cn(C)c2ccc(O)cc12. The lowest BCUT2D eigenvalue weighted by atomic mass is 10.1. The van der Waals surface area contributed by atoms with E-state index in [2.05, 4.69) is 23.0 Å². The van der Waals surface area contributed by atoms with Crippen LogP contribution in [0, 0.1) is 0 Å². The van der Waals surface area contributed by atoms with Crippen LogP contribution in [0.3, 0.4) is 0 Å². The number of rotatable bonds is 3. The number of benzene rings is 1. The monoisotopic (exact) mass is 204 g/mol. The fourth-order valence-corrected chi connectivity index (χ4v) is 1.86. The number of hydrogen-bond acceptors (Lipinski definition) is 2. The third-order valence-electron chi connectivity index (χ3n) is 2.62. The standard InChI is InChI=1S/C12H16N2O/c1-3-13-7-9-8-14(2)12-5-4-10(15)6-11(9)12/h4-6,8,13,15H,3,7H2,1-2H3. The van der Waals surface area contributed by atoms with Gasteiger partial charge in [-0.2, -0.15) is 0 Å². The minimum absolute atomic E-state index is 0.325. The van der Waals surface area contributed by atoms with Crippen molar-refractivity contribution in [2.75, 3.05) is 6.54 Å². The molecular weight excluding hydrogens is 188 g/mol. The predicted molar refractivity (Wildman–Crippen MR) is 62.0 cm³/mol. The summed E-state index contributed by atoms with van der Waals surface area (Å²) < 4.78 is 2.08. The molecule has 3 nitrogen and oxygen atoms in total. The van der Waals surface area contributed by atoms with Crippen LogP contribution in [0.1, 0.15) is 12.5 Å². The second-order valence-corrected chi connectivity index (χ2v) is 3.75. The second-order valence-electron chi connectivity index (χ2n) is 3.75. The predicted octanol–water partition coefficient (Wildman–Crippen LogP) is 1.99. The van der Waals surface area contributed by atoms with Gasteiger partial charge in [0.2, 0.25) is 0 Å². The molecule has 2 N–H and O–H groups in total. The van der Waals surface area contributed by atoms with E-state index >= 15 is 0 Å². The zero-order valence-electron chi connectivity index (χ0n) is 9.12. The number of aromatic hydroxyl groups is 1. The smallest absolute Gasteiger partial charge is 0.116 e. The molecule has 0 amide bonds. The first kappa shape index (κ1) is 10.1. The molecule has 1 aromatic carbocycles. The van der Waals surface area contributed by atoms with Gasteiger partial charge in [0.05, 0.1) is 0 Å². The molecule has 0 fully saturated rings. The van der Waals surface area contributed by atoms with Crippen molar-refractivity contribution in [3.8, 4) is 5.75 Å². The summed E-state index contributed by atoms with van der Waals surface area (Å²) in [6.45, 7) is 3.88. The van der Waals surface area contributed by atoms with Crippen molar-refractivity contribution in [1.29, 1.82) is 0 Å². The van der Waals surface area contributed by atoms with Crippen LogP contribution in [0.25, 0.3) is 10.9 Å². The normalized spacial score (nSPS) is 11.1. The molecule has 0 bridgehead atoms. The lowest BCUT2D eigenvalue weighted by molar-refractivity contribution is 0.476. The van der Waals surface area contributed by atoms with E-state index < -0.39 is 0 Å². The van der Waals surface area contributed by atoms with Gasteiger partial charge in [-0.15, -0.1) is 0 Å². The Balaban J connectivity index is 2.49. The first-order valence-corrected chi connectivity index (χ1v) is 5.20. The highest BCUT2D eigenvalue weighted by Crippen LogP contribution is 2.24. The van der Waals surface area contributed by atoms with E-state index in [1.807, 2.05) is 19.2 Å². The van der Waals surface area contributed by atoms with E-state index in [1.165, 1.54) is 5.56 Å².